The molecular weight excluding hydrogens is 447 g/mol. The summed E-state index contributed by atoms with van der Waals surface area (Å²) in [6, 6.07) is 9.57. The van der Waals surface area contributed by atoms with Gasteiger partial charge in [0.25, 0.3) is 0 Å². The van der Waals surface area contributed by atoms with Crippen molar-refractivity contribution in [1.82, 2.24) is 0 Å². The zero-order valence-electron chi connectivity index (χ0n) is 20.4. The number of hydrogen-bond donors (Lipinski definition) is 0. The molecule has 8 heteroatoms. The Morgan fingerprint density at radius 2 is 1.65 bits per heavy atom. The maximum atomic E-state index is 13.3. The van der Waals surface area contributed by atoms with Gasteiger partial charge in [0.15, 0.2) is 5.71 Å². The second kappa shape index (κ2) is 12.3. The van der Waals surface area contributed by atoms with Gasteiger partial charge >= 0.3 is 6.18 Å². The average Bonchev–Trinajstić information content (AvgIpc) is 2.74. The van der Waals surface area contributed by atoms with E-state index in [0.717, 1.165) is 29.7 Å². The predicted molar refractivity (Wildman–Crippen MR) is 127 cm³/mol. The first-order valence-electron chi connectivity index (χ1n) is 11.0. The molecule has 2 atom stereocenters. The van der Waals surface area contributed by atoms with Gasteiger partial charge in [0.2, 0.25) is 0 Å². The molecule has 34 heavy (non-hydrogen) atoms. The lowest BCUT2D eigenvalue weighted by molar-refractivity contribution is -0.0608. The van der Waals surface area contributed by atoms with E-state index in [-0.39, 0.29) is 17.8 Å². The van der Waals surface area contributed by atoms with Crippen LogP contribution < -0.4 is 14.2 Å². The molecule has 186 valence electrons. The third-order valence-corrected chi connectivity index (χ3v) is 4.89. The van der Waals surface area contributed by atoms with Crippen LogP contribution in [0.25, 0.3) is 0 Å². The zero-order chi connectivity index (χ0) is 25.3. The summed E-state index contributed by atoms with van der Waals surface area (Å²) >= 11 is 0. The third kappa shape index (κ3) is 8.01. The number of hydrogen-bond acceptors (Lipinski definition) is 5. The number of aryl methyl sites for hydroxylation is 2. The topological polar surface area (TPSA) is 49.3 Å². The lowest BCUT2D eigenvalue weighted by Gasteiger charge is -2.23. The van der Waals surface area contributed by atoms with Crippen LogP contribution >= 0.6 is 0 Å². The molecule has 0 bridgehead atoms. The summed E-state index contributed by atoms with van der Waals surface area (Å²) in [6.07, 6.45) is -0.746. The van der Waals surface area contributed by atoms with Gasteiger partial charge in [0, 0.05) is 12.0 Å². The lowest BCUT2D eigenvalue weighted by atomic mass is 10.1. The van der Waals surface area contributed by atoms with Gasteiger partial charge in [-0.3, -0.25) is 0 Å². The van der Waals surface area contributed by atoms with Crippen LogP contribution in [-0.2, 0) is 4.84 Å². The summed E-state index contributed by atoms with van der Waals surface area (Å²) in [4.78, 5) is 4.37. The van der Waals surface area contributed by atoms with Crippen molar-refractivity contribution in [3.8, 4) is 17.2 Å². The van der Waals surface area contributed by atoms with Crippen molar-refractivity contribution in [2.75, 3.05) is 13.7 Å². The van der Waals surface area contributed by atoms with E-state index in [2.05, 4.69) is 9.99 Å². The number of ether oxygens (including phenoxy) is 3. The molecule has 0 aromatic heterocycles. The van der Waals surface area contributed by atoms with Crippen LogP contribution in [0.2, 0.25) is 0 Å². The van der Waals surface area contributed by atoms with Crippen molar-refractivity contribution in [3.63, 3.8) is 0 Å². The Bertz CT molecular complexity index is 979. The summed E-state index contributed by atoms with van der Waals surface area (Å²) in [5, 5.41) is 3.13. The lowest BCUT2D eigenvalue weighted by Crippen LogP contribution is -2.25. The highest BCUT2D eigenvalue weighted by Gasteiger charge is 2.38. The Morgan fingerprint density at radius 3 is 2.24 bits per heavy atom. The Kier molecular flexibility index (Phi) is 9.83. The fourth-order valence-electron chi connectivity index (χ4n) is 3.49. The number of benzene rings is 2. The van der Waals surface area contributed by atoms with Crippen molar-refractivity contribution in [2.45, 2.75) is 59.4 Å². The minimum absolute atomic E-state index is 0.133. The smallest absolute Gasteiger partial charge is 0.437 e. The van der Waals surface area contributed by atoms with Gasteiger partial charge in [0.05, 0.1) is 12.2 Å². The summed E-state index contributed by atoms with van der Waals surface area (Å²) in [5.41, 5.74) is 0.668. The van der Waals surface area contributed by atoms with Crippen molar-refractivity contribution < 1.29 is 32.2 Å². The number of rotatable bonds is 11. The summed E-state index contributed by atoms with van der Waals surface area (Å²) < 4.78 is 57.5. The number of oxime groups is 1. The Morgan fingerprint density at radius 1 is 1.00 bits per heavy atom. The highest BCUT2D eigenvalue weighted by atomic mass is 19.4. The zero-order valence-corrected chi connectivity index (χ0v) is 20.4. The second-order valence-corrected chi connectivity index (χ2v) is 8.01. The van der Waals surface area contributed by atoms with Gasteiger partial charge in [-0.15, -0.1) is 0 Å². The molecule has 0 saturated heterocycles. The molecule has 0 saturated carbocycles. The van der Waals surface area contributed by atoms with Crippen LogP contribution in [0.15, 0.2) is 53.7 Å². The molecule has 2 aromatic carbocycles. The van der Waals surface area contributed by atoms with Crippen molar-refractivity contribution >= 4 is 5.71 Å². The maximum absolute atomic E-state index is 13.3. The van der Waals surface area contributed by atoms with Gasteiger partial charge in [-0.2, -0.15) is 13.2 Å². The Hall–Kier alpha value is -3.16. The van der Waals surface area contributed by atoms with E-state index in [1.807, 2.05) is 58.9 Å². The van der Waals surface area contributed by atoms with E-state index in [1.165, 1.54) is 18.2 Å². The Labute approximate surface area is 199 Å². The van der Waals surface area contributed by atoms with Crippen molar-refractivity contribution in [3.05, 3.63) is 65.2 Å². The van der Waals surface area contributed by atoms with Gasteiger partial charge in [-0.05, 0) is 70.0 Å². The standard InChI is InChI=1S/C26H32F3NO4/c1-7-8-12-32-23-13-17(2)24(18(3)14-23)34-20(5)15-19(4)33-22-11-9-10-21(16-22)25(30-31-6)26(27,28)29/h7-11,13-14,16,19-20H,12,15H2,1-6H3/b8-7+,30-25-. The van der Waals surface area contributed by atoms with Crippen LogP contribution in [0.5, 0.6) is 17.2 Å². The molecule has 5 nitrogen and oxygen atoms in total. The highest BCUT2D eigenvalue weighted by Crippen LogP contribution is 2.30. The van der Waals surface area contributed by atoms with Crippen LogP contribution in [0.3, 0.4) is 0 Å². The molecular formula is C26H32F3NO4. The van der Waals surface area contributed by atoms with Gasteiger partial charge in [-0.1, -0.05) is 29.4 Å². The highest BCUT2D eigenvalue weighted by molar-refractivity contribution is 6.04. The van der Waals surface area contributed by atoms with Crippen molar-refractivity contribution in [1.29, 1.82) is 0 Å². The molecule has 0 spiro atoms. The molecule has 0 aliphatic carbocycles. The fourth-order valence-corrected chi connectivity index (χ4v) is 3.49. The molecule has 0 aliphatic rings. The molecule has 0 fully saturated rings. The van der Waals surface area contributed by atoms with E-state index in [1.54, 1.807) is 6.07 Å². The fraction of sp³-hybridized carbons (Fsp3) is 0.423. The van der Waals surface area contributed by atoms with Crippen LogP contribution in [0.1, 0.15) is 43.9 Å². The predicted octanol–water partition coefficient (Wildman–Crippen LogP) is 6.80. The maximum Gasteiger partial charge on any atom is 0.437 e. The van der Waals surface area contributed by atoms with E-state index >= 15 is 0 Å². The third-order valence-electron chi connectivity index (χ3n) is 4.89. The summed E-state index contributed by atoms with van der Waals surface area (Å²) in [6.45, 7) is 10.1. The molecule has 0 N–H and O–H groups in total. The van der Waals surface area contributed by atoms with Gasteiger partial charge < -0.3 is 19.0 Å². The molecule has 2 aromatic rings. The van der Waals surface area contributed by atoms with Gasteiger partial charge in [0.1, 0.15) is 31.0 Å². The monoisotopic (exact) mass is 479 g/mol. The van der Waals surface area contributed by atoms with Crippen molar-refractivity contribution in [2.24, 2.45) is 5.16 Å². The normalized spacial score (nSPS) is 14.1. The number of allylic oxidation sites excluding steroid dienone is 1. The van der Waals surface area contributed by atoms with Crippen LogP contribution in [-0.4, -0.2) is 37.8 Å². The molecule has 0 heterocycles. The SMILES string of the molecule is C/C=C/COc1cc(C)c(OC(C)CC(C)Oc2cccc(/C(=N/OC)C(F)(F)F)c2)c(C)c1. The first-order chi connectivity index (χ1) is 16.0. The molecule has 2 unspecified atom stereocenters. The first kappa shape index (κ1) is 27.1. The minimum atomic E-state index is -4.65. The molecule has 2 rings (SSSR count). The summed E-state index contributed by atoms with van der Waals surface area (Å²) in [5.74, 6) is 1.87. The first-order valence-corrected chi connectivity index (χ1v) is 11.0. The average molecular weight is 480 g/mol. The summed E-state index contributed by atoms with van der Waals surface area (Å²) in [7, 11) is 1.07. The number of halogens is 3. The van der Waals surface area contributed by atoms with Gasteiger partial charge in [-0.25, -0.2) is 0 Å². The van der Waals surface area contributed by atoms with Crippen LogP contribution in [0.4, 0.5) is 13.2 Å². The quantitative estimate of drug-likeness (QED) is 0.202. The van der Waals surface area contributed by atoms with E-state index < -0.39 is 11.9 Å². The number of alkyl halides is 3. The molecule has 0 aliphatic heterocycles. The van der Waals surface area contributed by atoms with Crippen LogP contribution in [0, 0.1) is 13.8 Å². The van der Waals surface area contributed by atoms with E-state index in [4.69, 9.17) is 14.2 Å². The Balaban J connectivity index is 2.03. The van der Waals surface area contributed by atoms with E-state index in [9.17, 15) is 13.2 Å². The van der Waals surface area contributed by atoms with E-state index in [0.29, 0.717) is 18.8 Å². The minimum Gasteiger partial charge on any atom is -0.491 e. The molecule has 0 radical (unpaired) electrons. The largest absolute Gasteiger partial charge is 0.491 e. The second-order valence-electron chi connectivity index (χ2n) is 8.01. The number of nitrogens with zero attached hydrogens (tertiary/aromatic N) is 1. The molecule has 0 amide bonds.